The molecule has 0 aromatic heterocycles. The second-order valence-electron chi connectivity index (χ2n) is 6.07. The number of carbonyl (C=O) groups is 1. The quantitative estimate of drug-likeness (QED) is 0.150. The molecule has 0 aliphatic rings. The number of nitriles is 1. The number of carboxylic acids is 1. The summed E-state index contributed by atoms with van der Waals surface area (Å²) in [6.45, 7) is 9.22. The van der Waals surface area contributed by atoms with Crippen molar-refractivity contribution in [3.8, 4) is 6.07 Å². The van der Waals surface area contributed by atoms with Gasteiger partial charge in [0.25, 0.3) is 0 Å². The highest BCUT2D eigenvalue weighted by atomic mass is 32.2. The van der Waals surface area contributed by atoms with E-state index in [-0.39, 0.29) is 10.8 Å². The molecule has 1 atom stereocenters. The number of hydrogen-bond donors (Lipinski definition) is 1. The number of nitrogens with zero attached hydrogens (tertiary/aromatic N) is 2. The fourth-order valence-corrected chi connectivity index (χ4v) is 2.95. The van der Waals surface area contributed by atoms with Crippen LogP contribution in [-0.4, -0.2) is 23.5 Å². The third-order valence-electron chi connectivity index (χ3n) is 3.64. The van der Waals surface area contributed by atoms with Crippen LogP contribution in [0.4, 0.5) is 0 Å². The van der Waals surface area contributed by atoms with E-state index in [1.165, 1.54) is 35.2 Å². The largest absolute Gasteiger partial charge is 0.477 e. The Morgan fingerprint density at radius 2 is 2.00 bits per heavy atom. The van der Waals surface area contributed by atoms with E-state index in [1.807, 2.05) is 26.0 Å². The Balaban J connectivity index is 0.000000561. The van der Waals surface area contributed by atoms with Crippen molar-refractivity contribution in [2.24, 2.45) is 10.9 Å². The number of rotatable bonds is 10. The Morgan fingerprint density at radius 1 is 1.30 bits per heavy atom. The van der Waals surface area contributed by atoms with Gasteiger partial charge in [-0.25, -0.2) is 4.79 Å². The van der Waals surface area contributed by atoms with Crippen molar-refractivity contribution in [3.05, 3.63) is 89.5 Å². The molecule has 1 aromatic rings. The monoisotopic (exact) mass is 422 g/mol. The molecule has 1 rings (SSSR count). The number of benzene rings is 1. The third kappa shape index (κ3) is 13.1. The Bertz CT molecular complexity index is 828. The zero-order valence-electron chi connectivity index (χ0n) is 17.9. The van der Waals surface area contributed by atoms with E-state index in [9.17, 15) is 4.79 Å². The average Bonchev–Trinajstić information content (AvgIpc) is 2.76. The summed E-state index contributed by atoms with van der Waals surface area (Å²) in [5.41, 5.74) is 2.55. The van der Waals surface area contributed by atoms with Crippen molar-refractivity contribution < 1.29 is 9.90 Å². The van der Waals surface area contributed by atoms with Crippen LogP contribution in [0, 0.1) is 17.2 Å². The van der Waals surface area contributed by atoms with Gasteiger partial charge in [0.2, 0.25) is 0 Å². The molecule has 0 aliphatic carbocycles. The van der Waals surface area contributed by atoms with Crippen LogP contribution >= 0.6 is 11.8 Å². The molecule has 0 heterocycles. The van der Waals surface area contributed by atoms with Crippen molar-refractivity contribution in [2.45, 2.75) is 27.2 Å². The molecule has 0 saturated heterocycles. The zero-order valence-corrected chi connectivity index (χ0v) is 18.7. The summed E-state index contributed by atoms with van der Waals surface area (Å²) in [4.78, 5) is 14.2. The summed E-state index contributed by atoms with van der Waals surface area (Å²) >= 11 is 1.18. The molecule has 0 spiro atoms. The third-order valence-corrected chi connectivity index (χ3v) is 4.93. The van der Waals surface area contributed by atoms with Gasteiger partial charge in [-0.05, 0) is 44.0 Å². The number of aliphatic carboxylic acids is 1. The predicted molar refractivity (Wildman–Crippen MR) is 130 cm³/mol. The van der Waals surface area contributed by atoms with Crippen molar-refractivity contribution in [3.63, 3.8) is 0 Å². The lowest BCUT2D eigenvalue weighted by molar-refractivity contribution is -0.131. The minimum absolute atomic E-state index is 0.141. The smallest absolute Gasteiger partial charge is 0.343 e. The molecule has 0 fully saturated rings. The summed E-state index contributed by atoms with van der Waals surface area (Å²) in [6.07, 6.45) is 16.1. The fourth-order valence-electron chi connectivity index (χ4n) is 2.12. The lowest BCUT2D eigenvalue weighted by Gasteiger charge is -2.04. The second kappa shape index (κ2) is 18.0. The van der Waals surface area contributed by atoms with Gasteiger partial charge in [-0.2, -0.15) is 5.26 Å². The summed E-state index contributed by atoms with van der Waals surface area (Å²) in [5.74, 6) is -0.280. The lowest BCUT2D eigenvalue weighted by atomic mass is 10.1. The minimum atomic E-state index is -1.01. The highest BCUT2D eigenvalue weighted by Gasteiger charge is 2.08. The Morgan fingerprint density at radius 3 is 2.53 bits per heavy atom. The van der Waals surface area contributed by atoms with Gasteiger partial charge in [0, 0.05) is 18.0 Å². The molecule has 4 nitrogen and oxygen atoms in total. The molecule has 1 N–H and O–H groups in total. The molecule has 0 saturated carbocycles. The molecule has 158 valence electrons. The molecule has 1 aromatic carbocycles. The molecule has 1 unspecified atom stereocenters. The van der Waals surface area contributed by atoms with Crippen molar-refractivity contribution in [2.75, 3.05) is 5.75 Å². The Labute approximate surface area is 184 Å². The van der Waals surface area contributed by atoms with Gasteiger partial charge in [0.15, 0.2) is 0 Å². The number of aliphatic imine (C=N–C) groups is 1. The first kappa shape index (κ1) is 26.9. The predicted octanol–water partition coefficient (Wildman–Crippen LogP) is 6.67. The fraction of sp³-hybridized carbons (Fsp3) is 0.240. The number of thioether (sulfide) groups is 1. The maximum Gasteiger partial charge on any atom is 0.343 e. The van der Waals surface area contributed by atoms with Gasteiger partial charge in [-0.3, -0.25) is 4.99 Å². The summed E-state index contributed by atoms with van der Waals surface area (Å²) in [5, 5.41) is 17.0. The lowest BCUT2D eigenvalue weighted by Crippen LogP contribution is -2.00. The van der Waals surface area contributed by atoms with Gasteiger partial charge in [-0.15, -0.1) is 11.8 Å². The maximum absolute atomic E-state index is 10.7. The van der Waals surface area contributed by atoms with E-state index in [2.05, 4.69) is 73.3 Å². The second-order valence-corrected chi connectivity index (χ2v) is 7.14. The average molecular weight is 423 g/mol. The van der Waals surface area contributed by atoms with Gasteiger partial charge in [0.1, 0.15) is 4.91 Å². The molecular formula is C25H30N2O2S. The van der Waals surface area contributed by atoms with E-state index in [4.69, 9.17) is 10.4 Å². The van der Waals surface area contributed by atoms with Gasteiger partial charge < -0.3 is 5.11 Å². The number of carboxylic acid groups (broad SMARTS) is 1. The molecule has 30 heavy (non-hydrogen) atoms. The van der Waals surface area contributed by atoms with Gasteiger partial charge in [0.05, 0.1) is 6.07 Å². The topological polar surface area (TPSA) is 73.5 Å². The number of hydrogen-bond acceptors (Lipinski definition) is 4. The molecule has 0 aliphatic heterocycles. The van der Waals surface area contributed by atoms with Crippen LogP contribution in [0.3, 0.4) is 0 Å². The number of allylic oxidation sites excluding steroid dienone is 8. The first-order valence-corrected chi connectivity index (χ1v) is 10.6. The first-order chi connectivity index (χ1) is 14.5. The highest BCUT2D eigenvalue weighted by Crippen LogP contribution is 2.20. The van der Waals surface area contributed by atoms with Gasteiger partial charge >= 0.3 is 5.97 Å². The molecule has 5 heteroatoms. The van der Waals surface area contributed by atoms with E-state index < -0.39 is 5.97 Å². The summed E-state index contributed by atoms with van der Waals surface area (Å²) < 4.78 is 0. The normalized spacial score (nSPS) is 13.1. The first-order valence-electron chi connectivity index (χ1n) is 9.57. The van der Waals surface area contributed by atoms with Crippen LogP contribution < -0.4 is 0 Å². The van der Waals surface area contributed by atoms with Crippen molar-refractivity contribution in [1.29, 1.82) is 5.26 Å². The molecule has 0 radical (unpaired) electrons. The maximum atomic E-state index is 10.7. The van der Waals surface area contributed by atoms with Crippen LogP contribution in [0.15, 0.2) is 89.0 Å². The Kier molecular flexibility index (Phi) is 16.1. The standard InChI is InChI=1S/C15H18.C10H12N2O2S/c1-3-5-6-8-11-14(4-2)15-12-9-7-10-13-15;1-8(4-3-5-11)7-15-9(6-12-2)10(13)14/h3-5,7-13H,6H2,1-2H3;3-4,6,8H,2,7H2,1H3,(H,13,14)/b5-3+,11-8-,14-4+;4-3+,9-6-. The Hall–Kier alpha value is -3.10. The van der Waals surface area contributed by atoms with E-state index >= 15 is 0 Å². The van der Waals surface area contributed by atoms with Crippen LogP contribution in [0.25, 0.3) is 5.57 Å². The summed E-state index contributed by atoms with van der Waals surface area (Å²) in [7, 11) is 0. The van der Waals surface area contributed by atoms with E-state index in [0.29, 0.717) is 5.75 Å². The van der Waals surface area contributed by atoms with E-state index in [1.54, 1.807) is 6.08 Å². The van der Waals surface area contributed by atoms with Crippen LogP contribution in [-0.2, 0) is 4.79 Å². The van der Waals surface area contributed by atoms with Crippen molar-refractivity contribution >= 4 is 30.0 Å². The van der Waals surface area contributed by atoms with Crippen LogP contribution in [0.5, 0.6) is 0 Å². The highest BCUT2D eigenvalue weighted by molar-refractivity contribution is 8.03. The van der Waals surface area contributed by atoms with Crippen LogP contribution in [0.1, 0.15) is 32.8 Å². The van der Waals surface area contributed by atoms with E-state index in [0.717, 1.165) is 6.42 Å². The van der Waals surface area contributed by atoms with Crippen LogP contribution in [0.2, 0.25) is 0 Å². The zero-order chi connectivity index (χ0) is 22.6. The molecular weight excluding hydrogens is 392 g/mol. The minimum Gasteiger partial charge on any atom is -0.477 e. The van der Waals surface area contributed by atoms with Crippen molar-refractivity contribution in [1.82, 2.24) is 0 Å². The molecule has 0 amide bonds. The van der Waals surface area contributed by atoms with Gasteiger partial charge in [-0.1, -0.05) is 73.7 Å². The SMILES string of the molecule is C/C=C/C/C=C\C(=C/C)c1ccccc1.C=N/C=C(\SCC(C)/C=C/C#N)C(=O)O. The summed E-state index contributed by atoms with van der Waals surface area (Å²) in [6, 6.07) is 12.3. The molecule has 0 bridgehead atoms.